The smallest absolute Gasteiger partial charge is 0.236 e. The molecule has 0 aromatic rings. The van der Waals surface area contributed by atoms with E-state index in [1.54, 1.807) is 0 Å². The van der Waals surface area contributed by atoms with Crippen LogP contribution in [0.5, 0.6) is 0 Å². The number of nitrogens with zero attached hydrogens (tertiary/aromatic N) is 1. The van der Waals surface area contributed by atoms with Gasteiger partial charge in [0.2, 0.25) is 11.8 Å². The third-order valence-electron chi connectivity index (χ3n) is 4.07. The fraction of sp³-hybridized carbons (Fsp3) is 0.846. The first-order chi connectivity index (χ1) is 7.88. The molecule has 2 amide bonds. The molecule has 0 aromatic heterocycles. The van der Waals surface area contributed by atoms with E-state index in [9.17, 15) is 9.59 Å². The maximum Gasteiger partial charge on any atom is 0.236 e. The normalized spacial score (nSPS) is 27.1. The molecule has 1 aliphatic heterocycles. The Bertz CT molecular complexity index is 314. The van der Waals surface area contributed by atoms with Crippen LogP contribution in [0, 0.1) is 11.3 Å². The highest BCUT2D eigenvalue weighted by molar-refractivity contribution is 6.06. The van der Waals surface area contributed by atoms with Crippen LogP contribution in [0.15, 0.2) is 0 Å². The summed E-state index contributed by atoms with van der Waals surface area (Å²) < 4.78 is 0. The van der Waals surface area contributed by atoms with Crippen molar-refractivity contribution in [3.8, 4) is 0 Å². The predicted molar refractivity (Wildman–Crippen MR) is 65.2 cm³/mol. The molecule has 0 saturated carbocycles. The molecule has 1 aliphatic rings. The zero-order valence-electron chi connectivity index (χ0n) is 11.2. The lowest BCUT2D eigenvalue weighted by Crippen LogP contribution is -2.43. The molecule has 98 valence electrons. The average Bonchev–Trinajstić information content (AvgIpc) is 2.49. The van der Waals surface area contributed by atoms with Crippen LogP contribution < -0.4 is 0 Å². The molecule has 1 heterocycles. The van der Waals surface area contributed by atoms with Crippen molar-refractivity contribution in [2.75, 3.05) is 6.61 Å². The van der Waals surface area contributed by atoms with Gasteiger partial charge in [0, 0.05) is 19.1 Å². The van der Waals surface area contributed by atoms with E-state index in [-0.39, 0.29) is 30.4 Å². The van der Waals surface area contributed by atoms with E-state index in [0.29, 0.717) is 19.3 Å². The number of amides is 2. The van der Waals surface area contributed by atoms with Crippen LogP contribution in [-0.4, -0.2) is 34.5 Å². The minimum Gasteiger partial charge on any atom is -0.396 e. The lowest BCUT2D eigenvalue weighted by molar-refractivity contribution is -0.145. The van der Waals surface area contributed by atoms with E-state index < -0.39 is 5.41 Å². The van der Waals surface area contributed by atoms with Crippen molar-refractivity contribution in [2.24, 2.45) is 11.3 Å². The first-order valence-electron chi connectivity index (χ1n) is 6.35. The molecule has 0 aromatic carbocycles. The molecule has 17 heavy (non-hydrogen) atoms. The van der Waals surface area contributed by atoms with Gasteiger partial charge in [0.25, 0.3) is 0 Å². The summed E-state index contributed by atoms with van der Waals surface area (Å²) in [4.78, 5) is 25.8. The van der Waals surface area contributed by atoms with Crippen LogP contribution in [0.2, 0.25) is 0 Å². The van der Waals surface area contributed by atoms with Gasteiger partial charge in [-0.25, -0.2) is 0 Å². The van der Waals surface area contributed by atoms with Gasteiger partial charge in [-0.05, 0) is 25.7 Å². The number of carbonyl (C=O) groups excluding carboxylic acids is 2. The summed E-state index contributed by atoms with van der Waals surface area (Å²) in [5, 5.41) is 8.99. The molecule has 1 fully saturated rings. The van der Waals surface area contributed by atoms with Crippen LogP contribution in [0.25, 0.3) is 0 Å². The van der Waals surface area contributed by atoms with Crippen molar-refractivity contribution < 1.29 is 14.7 Å². The first kappa shape index (κ1) is 14.2. The van der Waals surface area contributed by atoms with Crippen molar-refractivity contribution in [1.82, 2.24) is 4.90 Å². The van der Waals surface area contributed by atoms with Gasteiger partial charge in [-0.3, -0.25) is 14.5 Å². The molecular weight excluding hydrogens is 218 g/mol. The van der Waals surface area contributed by atoms with Crippen molar-refractivity contribution >= 4 is 11.8 Å². The van der Waals surface area contributed by atoms with Crippen LogP contribution in [0.4, 0.5) is 0 Å². The number of aliphatic hydroxyl groups is 1. The van der Waals surface area contributed by atoms with E-state index in [4.69, 9.17) is 5.11 Å². The third kappa shape index (κ3) is 2.37. The Balaban J connectivity index is 2.96. The van der Waals surface area contributed by atoms with Crippen molar-refractivity contribution in [2.45, 2.75) is 53.0 Å². The maximum absolute atomic E-state index is 12.4. The maximum atomic E-state index is 12.4. The average molecular weight is 241 g/mol. The fourth-order valence-electron chi connectivity index (χ4n) is 2.35. The second-order valence-electron chi connectivity index (χ2n) is 5.39. The summed E-state index contributed by atoms with van der Waals surface area (Å²) in [6.07, 6.45) is 1.47. The Hall–Kier alpha value is -0.900. The minimum absolute atomic E-state index is 0.00790. The number of aliphatic hydroxyl groups excluding tert-OH is 1. The summed E-state index contributed by atoms with van der Waals surface area (Å²) in [5.41, 5.74) is -0.569. The highest BCUT2D eigenvalue weighted by Gasteiger charge is 2.51. The van der Waals surface area contributed by atoms with Crippen LogP contribution in [0.3, 0.4) is 0 Å². The molecule has 4 nitrogen and oxygen atoms in total. The molecule has 1 N–H and O–H groups in total. The van der Waals surface area contributed by atoms with E-state index in [2.05, 4.69) is 0 Å². The van der Waals surface area contributed by atoms with Crippen LogP contribution >= 0.6 is 0 Å². The van der Waals surface area contributed by atoms with E-state index in [0.717, 1.165) is 0 Å². The Morgan fingerprint density at radius 3 is 2.35 bits per heavy atom. The van der Waals surface area contributed by atoms with Gasteiger partial charge in [-0.15, -0.1) is 0 Å². The Kier molecular flexibility index (Phi) is 4.31. The van der Waals surface area contributed by atoms with Gasteiger partial charge in [0.1, 0.15) is 0 Å². The zero-order chi connectivity index (χ0) is 13.2. The van der Waals surface area contributed by atoms with E-state index in [1.807, 2.05) is 27.7 Å². The molecule has 2 atom stereocenters. The summed E-state index contributed by atoms with van der Waals surface area (Å²) in [6, 6.07) is -0.152. The Morgan fingerprint density at radius 2 is 2.00 bits per heavy atom. The summed E-state index contributed by atoms with van der Waals surface area (Å²) in [6.45, 7) is 7.76. The standard InChI is InChI=1S/C13H23NO3/c1-5-10(6-7-15)14-11(16)8-13(4,9(2)3)12(14)17/h9-10,15H,5-8H2,1-4H3. The van der Waals surface area contributed by atoms with Crippen molar-refractivity contribution in [3.05, 3.63) is 0 Å². The Morgan fingerprint density at radius 1 is 1.41 bits per heavy atom. The van der Waals surface area contributed by atoms with Gasteiger partial charge in [0.05, 0.1) is 5.41 Å². The van der Waals surface area contributed by atoms with Crippen molar-refractivity contribution in [3.63, 3.8) is 0 Å². The number of hydrogen-bond acceptors (Lipinski definition) is 3. The quantitative estimate of drug-likeness (QED) is 0.743. The molecule has 1 rings (SSSR count). The largest absolute Gasteiger partial charge is 0.396 e. The molecule has 0 aliphatic carbocycles. The van der Waals surface area contributed by atoms with E-state index >= 15 is 0 Å². The lowest BCUT2D eigenvalue weighted by atomic mass is 9.78. The predicted octanol–water partition coefficient (Wildman–Crippen LogP) is 1.57. The van der Waals surface area contributed by atoms with Gasteiger partial charge >= 0.3 is 0 Å². The monoisotopic (exact) mass is 241 g/mol. The molecule has 0 bridgehead atoms. The summed E-state index contributed by atoms with van der Waals surface area (Å²) in [7, 11) is 0. The summed E-state index contributed by atoms with van der Waals surface area (Å²) in [5.74, 6) is -0.0140. The SMILES string of the molecule is CCC(CCO)N1C(=O)CC(C)(C(C)C)C1=O. The second kappa shape index (κ2) is 5.17. The highest BCUT2D eigenvalue weighted by Crippen LogP contribution is 2.40. The molecular formula is C13H23NO3. The number of likely N-dealkylation sites (tertiary alicyclic amines) is 1. The fourth-order valence-corrected chi connectivity index (χ4v) is 2.35. The van der Waals surface area contributed by atoms with Gasteiger partial charge in [-0.1, -0.05) is 20.8 Å². The van der Waals surface area contributed by atoms with Crippen LogP contribution in [0.1, 0.15) is 47.0 Å². The number of rotatable bonds is 5. The van der Waals surface area contributed by atoms with Crippen LogP contribution in [-0.2, 0) is 9.59 Å². The van der Waals surface area contributed by atoms with Gasteiger partial charge < -0.3 is 5.11 Å². The van der Waals surface area contributed by atoms with Gasteiger partial charge in [-0.2, -0.15) is 0 Å². The highest BCUT2D eigenvalue weighted by atomic mass is 16.3. The Labute approximate surface area is 103 Å². The van der Waals surface area contributed by atoms with E-state index in [1.165, 1.54) is 4.90 Å². The molecule has 1 saturated heterocycles. The van der Waals surface area contributed by atoms with Crippen molar-refractivity contribution in [1.29, 1.82) is 0 Å². The topological polar surface area (TPSA) is 57.6 Å². The molecule has 0 radical (unpaired) electrons. The van der Waals surface area contributed by atoms with Gasteiger partial charge in [0.15, 0.2) is 0 Å². The molecule has 2 unspecified atom stereocenters. The first-order valence-corrected chi connectivity index (χ1v) is 6.35. The zero-order valence-corrected chi connectivity index (χ0v) is 11.2. The lowest BCUT2D eigenvalue weighted by Gasteiger charge is -2.29. The molecule has 0 spiro atoms. The second-order valence-corrected chi connectivity index (χ2v) is 5.39. The summed E-state index contributed by atoms with van der Waals surface area (Å²) >= 11 is 0. The minimum atomic E-state index is -0.569. The number of imide groups is 1. The number of hydrogen-bond donors (Lipinski definition) is 1. The number of carbonyl (C=O) groups is 2. The molecule has 4 heteroatoms. The third-order valence-corrected chi connectivity index (χ3v) is 4.07.